The summed E-state index contributed by atoms with van der Waals surface area (Å²) >= 11 is 0. The van der Waals surface area contributed by atoms with Crippen LogP contribution in [0.15, 0.2) is 69.9 Å². The number of para-hydroxylation sites is 1. The van der Waals surface area contributed by atoms with Crippen LogP contribution >= 0.6 is 7.60 Å². The van der Waals surface area contributed by atoms with Crippen LogP contribution in [-0.2, 0) is 13.6 Å². The summed E-state index contributed by atoms with van der Waals surface area (Å²) in [7, 11) is -3.64. The highest BCUT2D eigenvalue weighted by Crippen LogP contribution is 2.63. The van der Waals surface area contributed by atoms with Crippen LogP contribution in [0.5, 0.6) is 0 Å². The van der Waals surface area contributed by atoms with Crippen molar-refractivity contribution in [2.24, 2.45) is 0 Å². The highest BCUT2D eigenvalue weighted by molar-refractivity contribution is 7.54. The normalized spacial score (nSPS) is 13.0. The molecule has 0 bridgehead atoms. The maximum absolute atomic E-state index is 13.6. The van der Waals surface area contributed by atoms with Crippen LogP contribution in [0.4, 0.5) is 0 Å². The van der Waals surface area contributed by atoms with Crippen LogP contribution in [-0.4, -0.2) is 13.2 Å². The van der Waals surface area contributed by atoms with Crippen molar-refractivity contribution in [3.05, 3.63) is 82.2 Å². The number of hydrogen-bond acceptors (Lipinski definition) is 5. The van der Waals surface area contributed by atoms with Gasteiger partial charge >= 0.3 is 13.2 Å². The van der Waals surface area contributed by atoms with Gasteiger partial charge in [-0.1, -0.05) is 48.5 Å². The topological polar surface area (TPSA) is 65.7 Å². The molecule has 0 spiro atoms. The van der Waals surface area contributed by atoms with E-state index < -0.39 is 18.9 Å². The van der Waals surface area contributed by atoms with Gasteiger partial charge in [-0.3, -0.25) is 4.57 Å². The zero-order valence-electron chi connectivity index (χ0n) is 14.8. The molecule has 5 nitrogen and oxygen atoms in total. The number of benzene rings is 2. The first-order valence-corrected chi connectivity index (χ1v) is 10.2. The summed E-state index contributed by atoms with van der Waals surface area (Å²) in [5.74, 6) is 0. The maximum atomic E-state index is 13.6. The molecule has 0 saturated carbocycles. The van der Waals surface area contributed by atoms with Gasteiger partial charge in [0.1, 0.15) is 11.2 Å². The van der Waals surface area contributed by atoms with E-state index in [-0.39, 0.29) is 18.8 Å². The van der Waals surface area contributed by atoms with Crippen LogP contribution in [0.1, 0.15) is 30.6 Å². The van der Waals surface area contributed by atoms with Gasteiger partial charge in [0.15, 0.2) is 0 Å². The molecule has 0 amide bonds. The minimum atomic E-state index is -3.64. The quantitative estimate of drug-likeness (QED) is 0.424. The second kappa shape index (κ2) is 8.00. The summed E-state index contributed by atoms with van der Waals surface area (Å²) in [4.78, 5) is 12.7. The van der Waals surface area contributed by atoms with E-state index in [0.29, 0.717) is 11.1 Å². The third kappa shape index (κ3) is 3.65. The Balaban J connectivity index is 2.26. The van der Waals surface area contributed by atoms with Crippen molar-refractivity contribution in [1.29, 1.82) is 0 Å². The van der Waals surface area contributed by atoms with Gasteiger partial charge in [0.2, 0.25) is 0 Å². The van der Waals surface area contributed by atoms with Gasteiger partial charge in [-0.25, -0.2) is 4.79 Å². The van der Waals surface area contributed by atoms with Crippen LogP contribution in [0.2, 0.25) is 0 Å². The number of hydrogen-bond donors (Lipinski definition) is 0. The molecule has 1 atom stereocenters. The van der Waals surface area contributed by atoms with Crippen molar-refractivity contribution in [2.75, 3.05) is 13.2 Å². The van der Waals surface area contributed by atoms with Crippen molar-refractivity contribution in [2.45, 2.75) is 19.5 Å². The van der Waals surface area contributed by atoms with E-state index in [9.17, 15) is 9.36 Å². The largest absolute Gasteiger partial charge is 0.422 e. The monoisotopic (exact) mass is 372 g/mol. The van der Waals surface area contributed by atoms with E-state index in [0.717, 1.165) is 5.39 Å². The van der Waals surface area contributed by atoms with Crippen molar-refractivity contribution in [3.8, 4) is 0 Å². The first kappa shape index (κ1) is 18.6. The first-order valence-electron chi connectivity index (χ1n) is 8.55. The standard InChI is InChI=1S/C20H21O5P/c1-3-23-26(22,24-4-2)19(15-10-6-5-7-11-15)17-14-16-12-8-9-13-18(16)25-20(17)21/h5-14,19H,3-4H2,1-2H3. The number of fused-ring (bicyclic) bond motifs is 1. The highest BCUT2D eigenvalue weighted by Gasteiger charge is 2.40. The lowest BCUT2D eigenvalue weighted by atomic mass is 10.0. The molecular formula is C20H21O5P. The summed E-state index contributed by atoms with van der Waals surface area (Å²) in [5, 5.41) is 0.752. The molecule has 2 aromatic carbocycles. The molecule has 0 N–H and O–H groups in total. The summed E-state index contributed by atoms with van der Waals surface area (Å²) < 4.78 is 30.2. The molecule has 0 fully saturated rings. The lowest BCUT2D eigenvalue weighted by Gasteiger charge is -2.26. The maximum Gasteiger partial charge on any atom is 0.342 e. The minimum Gasteiger partial charge on any atom is -0.422 e. The molecule has 3 aromatic rings. The molecule has 0 saturated heterocycles. The molecule has 0 aliphatic rings. The molecule has 136 valence electrons. The summed E-state index contributed by atoms with van der Waals surface area (Å²) in [6.07, 6.45) is 0. The second-order valence-corrected chi connectivity index (χ2v) is 7.83. The lowest BCUT2D eigenvalue weighted by molar-refractivity contribution is 0.214. The fourth-order valence-electron chi connectivity index (χ4n) is 2.98. The van der Waals surface area contributed by atoms with Crippen molar-refractivity contribution in [1.82, 2.24) is 0 Å². The number of rotatable bonds is 7. The van der Waals surface area contributed by atoms with E-state index in [1.54, 1.807) is 32.0 Å². The van der Waals surface area contributed by atoms with Gasteiger partial charge in [-0.05, 0) is 31.5 Å². The van der Waals surface area contributed by atoms with E-state index in [1.807, 2.05) is 42.5 Å². The van der Waals surface area contributed by atoms with Crippen LogP contribution in [0.25, 0.3) is 11.0 Å². The zero-order valence-corrected chi connectivity index (χ0v) is 15.6. The molecule has 1 aromatic heterocycles. The Morgan fingerprint density at radius 2 is 1.58 bits per heavy atom. The molecule has 6 heteroatoms. The average molecular weight is 372 g/mol. The molecule has 26 heavy (non-hydrogen) atoms. The van der Waals surface area contributed by atoms with E-state index in [4.69, 9.17) is 13.5 Å². The summed E-state index contributed by atoms with van der Waals surface area (Å²) in [5.41, 5.74) is 0.0257. The third-order valence-corrected chi connectivity index (χ3v) is 6.46. The molecule has 3 rings (SSSR count). The van der Waals surface area contributed by atoms with Crippen molar-refractivity contribution < 1.29 is 18.0 Å². The predicted molar refractivity (Wildman–Crippen MR) is 102 cm³/mol. The summed E-state index contributed by atoms with van der Waals surface area (Å²) in [6.45, 7) is 3.91. The van der Waals surface area contributed by atoms with Crippen molar-refractivity contribution in [3.63, 3.8) is 0 Å². The summed E-state index contributed by atoms with van der Waals surface area (Å²) in [6, 6.07) is 18.1. The predicted octanol–water partition coefficient (Wildman–Crippen LogP) is 5.15. The highest BCUT2D eigenvalue weighted by atomic mass is 31.2. The molecule has 0 radical (unpaired) electrons. The van der Waals surface area contributed by atoms with Gasteiger partial charge in [0, 0.05) is 5.39 Å². The molecule has 0 aliphatic heterocycles. The molecular weight excluding hydrogens is 351 g/mol. The van der Waals surface area contributed by atoms with Gasteiger partial charge in [-0.15, -0.1) is 0 Å². The Morgan fingerprint density at radius 1 is 0.962 bits per heavy atom. The van der Waals surface area contributed by atoms with E-state index in [1.165, 1.54) is 0 Å². The zero-order chi connectivity index (χ0) is 18.6. The van der Waals surface area contributed by atoms with Gasteiger partial charge in [0.05, 0.1) is 18.8 Å². The van der Waals surface area contributed by atoms with Crippen LogP contribution in [0, 0.1) is 0 Å². The Morgan fingerprint density at radius 3 is 2.23 bits per heavy atom. The van der Waals surface area contributed by atoms with Gasteiger partial charge in [0.25, 0.3) is 0 Å². The molecule has 1 unspecified atom stereocenters. The van der Waals surface area contributed by atoms with Gasteiger partial charge < -0.3 is 13.5 Å². The average Bonchev–Trinajstić information content (AvgIpc) is 2.63. The Hall–Kier alpha value is -2.20. The van der Waals surface area contributed by atoms with Crippen LogP contribution < -0.4 is 5.63 Å². The van der Waals surface area contributed by atoms with E-state index >= 15 is 0 Å². The Bertz CT molecular complexity index is 970. The smallest absolute Gasteiger partial charge is 0.342 e. The Labute approximate surface area is 152 Å². The fraction of sp³-hybridized carbons (Fsp3) is 0.250. The van der Waals surface area contributed by atoms with Crippen molar-refractivity contribution >= 4 is 18.6 Å². The minimum absolute atomic E-state index is 0.208. The van der Waals surface area contributed by atoms with E-state index in [2.05, 4.69) is 0 Å². The molecule has 1 heterocycles. The second-order valence-electron chi connectivity index (χ2n) is 5.72. The van der Waals surface area contributed by atoms with Gasteiger partial charge in [-0.2, -0.15) is 0 Å². The van der Waals surface area contributed by atoms with Crippen LogP contribution in [0.3, 0.4) is 0 Å². The first-order chi connectivity index (χ1) is 12.6. The fourth-order valence-corrected chi connectivity index (χ4v) is 5.13. The molecule has 0 aliphatic carbocycles. The Kier molecular flexibility index (Phi) is 5.72. The third-order valence-electron chi connectivity index (χ3n) is 4.01. The lowest BCUT2D eigenvalue weighted by Crippen LogP contribution is -2.16. The SMILES string of the molecule is CCOP(=O)(OCC)C(c1ccccc1)c1cc2ccccc2oc1=O.